The Labute approximate surface area is 155 Å². The number of hydrogen-bond donors (Lipinski definition) is 1. The molecule has 1 N–H and O–H groups in total. The molecule has 1 fully saturated rings. The van der Waals surface area contributed by atoms with E-state index in [1.807, 2.05) is 41.3 Å². The molecule has 3 rings (SSSR count). The van der Waals surface area contributed by atoms with Crippen molar-refractivity contribution in [2.24, 2.45) is 5.92 Å². The van der Waals surface area contributed by atoms with Crippen LogP contribution in [0.3, 0.4) is 0 Å². The number of carbonyl (C=O) groups is 2. The minimum absolute atomic E-state index is 0.0181. The van der Waals surface area contributed by atoms with Gasteiger partial charge in [-0.3, -0.25) is 9.59 Å². The average molecular weight is 350 g/mol. The Hall–Kier alpha value is -2.62. The molecule has 4 heteroatoms. The molecule has 1 saturated heterocycles. The smallest absolute Gasteiger partial charge is 0.241 e. The number of carbonyl (C=O) groups excluding carboxylic acids is 2. The van der Waals surface area contributed by atoms with Crippen molar-refractivity contribution in [2.45, 2.75) is 25.7 Å². The molecule has 0 aromatic heterocycles. The van der Waals surface area contributed by atoms with E-state index in [0.717, 1.165) is 37.9 Å². The van der Waals surface area contributed by atoms with E-state index < -0.39 is 0 Å². The Morgan fingerprint density at radius 2 is 1.46 bits per heavy atom. The highest BCUT2D eigenvalue weighted by Gasteiger charge is 2.23. The Balaban J connectivity index is 1.37. The van der Waals surface area contributed by atoms with Gasteiger partial charge in [-0.1, -0.05) is 60.7 Å². The minimum Gasteiger partial charge on any atom is -0.347 e. The van der Waals surface area contributed by atoms with E-state index in [-0.39, 0.29) is 18.4 Å². The normalized spacial score (nSPS) is 14.8. The molecule has 1 aliphatic heterocycles. The van der Waals surface area contributed by atoms with Crippen LogP contribution in [0.5, 0.6) is 0 Å². The predicted molar refractivity (Wildman–Crippen MR) is 103 cm³/mol. The molecule has 1 heterocycles. The van der Waals surface area contributed by atoms with Gasteiger partial charge in [0.25, 0.3) is 0 Å². The summed E-state index contributed by atoms with van der Waals surface area (Å²) in [5, 5.41) is 2.75. The summed E-state index contributed by atoms with van der Waals surface area (Å²) in [7, 11) is 0. The average Bonchev–Trinajstić information content (AvgIpc) is 2.68. The van der Waals surface area contributed by atoms with Gasteiger partial charge in [0.05, 0.1) is 13.0 Å². The second-order valence-corrected chi connectivity index (χ2v) is 6.95. The molecule has 0 radical (unpaired) electrons. The van der Waals surface area contributed by atoms with Gasteiger partial charge in [0.1, 0.15) is 0 Å². The van der Waals surface area contributed by atoms with Gasteiger partial charge in [-0.25, -0.2) is 0 Å². The van der Waals surface area contributed by atoms with Crippen molar-refractivity contribution in [3.8, 4) is 0 Å². The molecule has 0 aliphatic carbocycles. The third-order valence-corrected chi connectivity index (χ3v) is 4.98. The lowest BCUT2D eigenvalue weighted by Crippen LogP contribution is -2.44. The van der Waals surface area contributed by atoms with Crippen molar-refractivity contribution in [2.75, 3.05) is 19.6 Å². The van der Waals surface area contributed by atoms with E-state index in [2.05, 4.69) is 29.6 Å². The van der Waals surface area contributed by atoms with Gasteiger partial charge in [-0.15, -0.1) is 0 Å². The van der Waals surface area contributed by atoms with Crippen molar-refractivity contribution in [3.63, 3.8) is 0 Å². The number of rotatable bonds is 6. The first kappa shape index (κ1) is 18.2. The molecule has 0 bridgehead atoms. The van der Waals surface area contributed by atoms with Crippen LogP contribution in [0.1, 0.15) is 24.0 Å². The van der Waals surface area contributed by atoms with E-state index in [4.69, 9.17) is 0 Å². The molecular formula is C22H26N2O2. The van der Waals surface area contributed by atoms with Crippen LogP contribution in [0.15, 0.2) is 60.7 Å². The number of likely N-dealkylation sites (tertiary alicyclic amines) is 1. The molecule has 2 aromatic rings. The lowest BCUT2D eigenvalue weighted by molar-refractivity contribution is -0.133. The standard InChI is InChI=1S/C22H26N2O2/c25-21(16-19-9-5-2-6-10-19)23-17-22(26)24-13-11-20(12-14-24)15-18-7-3-1-4-8-18/h1-10,20H,11-17H2,(H,23,25). The largest absolute Gasteiger partial charge is 0.347 e. The second kappa shape index (κ2) is 9.18. The second-order valence-electron chi connectivity index (χ2n) is 6.95. The number of hydrogen-bond acceptors (Lipinski definition) is 2. The summed E-state index contributed by atoms with van der Waals surface area (Å²) < 4.78 is 0. The maximum absolute atomic E-state index is 12.3. The predicted octanol–water partition coefficient (Wildman–Crippen LogP) is 2.83. The summed E-state index contributed by atoms with van der Waals surface area (Å²) in [5.74, 6) is 0.544. The Bertz CT molecular complexity index is 707. The third-order valence-electron chi connectivity index (χ3n) is 4.98. The highest BCUT2D eigenvalue weighted by atomic mass is 16.2. The van der Waals surface area contributed by atoms with E-state index in [9.17, 15) is 9.59 Å². The van der Waals surface area contributed by atoms with Crippen molar-refractivity contribution in [3.05, 3.63) is 71.8 Å². The summed E-state index contributed by atoms with van der Waals surface area (Å²) in [4.78, 5) is 26.2. The van der Waals surface area contributed by atoms with E-state index >= 15 is 0 Å². The zero-order valence-electron chi connectivity index (χ0n) is 15.1. The maximum atomic E-state index is 12.3. The summed E-state index contributed by atoms with van der Waals surface area (Å²) in [6.07, 6.45) is 3.45. The molecule has 26 heavy (non-hydrogen) atoms. The third kappa shape index (κ3) is 5.45. The number of amides is 2. The highest BCUT2D eigenvalue weighted by Crippen LogP contribution is 2.21. The number of benzene rings is 2. The SMILES string of the molecule is O=C(Cc1ccccc1)NCC(=O)N1CCC(Cc2ccccc2)CC1. The fourth-order valence-corrected chi connectivity index (χ4v) is 3.46. The van der Waals surface area contributed by atoms with E-state index in [1.54, 1.807) is 0 Å². The molecule has 2 amide bonds. The number of piperidine rings is 1. The summed E-state index contributed by atoms with van der Waals surface area (Å²) >= 11 is 0. The van der Waals surface area contributed by atoms with Crippen molar-refractivity contribution in [1.29, 1.82) is 0 Å². The summed E-state index contributed by atoms with van der Waals surface area (Å²) in [5.41, 5.74) is 2.32. The van der Waals surface area contributed by atoms with Crippen LogP contribution in [-0.2, 0) is 22.4 Å². The number of nitrogens with zero attached hydrogens (tertiary/aromatic N) is 1. The molecule has 0 spiro atoms. The molecular weight excluding hydrogens is 324 g/mol. The van der Waals surface area contributed by atoms with Crippen LogP contribution in [0.4, 0.5) is 0 Å². The van der Waals surface area contributed by atoms with E-state index in [1.165, 1.54) is 5.56 Å². The van der Waals surface area contributed by atoms with Gasteiger partial charge in [0.15, 0.2) is 0 Å². The monoisotopic (exact) mass is 350 g/mol. The minimum atomic E-state index is -0.108. The summed E-state index contributed by atoms with van der Waals surface area (Å²) in [6.45, 7) is 1.66. The number of nitrogens with one attached hydrogen (secondary N) is 1. The Morgan fingerprint density at radius 1 is 0.885 bits per heavy atom. The fraction of sp³-hybridized carbons (Fsp3) is 0.364. The first-order chi connectivity index (χ1) is 12.7. The van der Waals surface area contributed by atoms with Gasteiger partial charge in [-0.2, -0.15) is 0 Å². The Morgan fingerprint density at radius 3 is 2.08 bits per heavy atom. The maximum Gasteiger partial charge on any atom is 0.241 e. The molecule has 0 atom stereocenters. The zero-order chi connectivity index (χ0) is 18.2. The molecule has 0 saturated carbocycles. The van der Waals surface area contributed by atoms with Crippen molar-refractivity contribution >= 4 is 11.8 Å². The zero-order valence-corrected chi connectivity index (χ0v) is 15.1. The molecule has 1 aliphatic rings. The molecule has 2 aromatic carbocycles. The quantitative estimate of drug-likeness (QED) is 0.871. The lowest BCUT2D eigenvalue weighted by atomic mass is 9.90. The molecule has 0 unspecified atom stereocenters. The fourth-order valence-electron chi connectivity index (χ4n) is 3.46. The highest BCUT2D eigenvalue weighted by molar-refractivity contribution is 5.85. The van der Waals surface area contributed by atoms with Crippen LogP contribution in [0, 0.1) is 5.92 Å². The van der Waals surface area contributed by atoms with E-state index in [0.29, 0.717) is 12.3 Å². The summed E-state index contributed by atoms with van der Waals surface area (Å²) in [6, 6.07) is 20.1. The van der Waals surface area contributed by atoms with Crippen molar-refractivity contribution < 1.29 is 9.59 Å². The van der Waals surface area contributed by atoms with Crippen LogP contribution >= 0.6 is 0 Å². The van der Waals surface area contributed by atoms with Gasteiger partial charge in [-0.05, 0) is 36.3 Å². The van der Waals surface area contributed by atoms with Crippen LogP contribution in [0.2, 0.25) is 0 Å². The lowest BCUT2D eigenvalue weighted by Gasteiger charge is -2.32. The van der Waals surface area contributed by atoms with Gasteiger partial charge in [0, 0.05) is 13.1 Å². The van der Waals surface area contributed by atoms with Gasteiger partial charge in [0.2, 0.25) is 11.8 Å². The molecule has 136 valence electrons. The van der Waals surface area contributed by atoms with Gasteiger partial charge < -0.3 is 10.2 Å². The van der Waals surface area contributed by atoms with Gasteiger partial charge >= 0.3 is 0 Å². The Kier molecular flexibility index (Phi) is 6.42. The van der Waals surface area contributed by atoms with Crippen LogP contribution in [-0.4, -0.2) is 36.3 Å². The van der Waals surface area contributed by atoms with Crippen LogP contribution in [0.25, 0.3) is 0 Å². The molecule has 4 nitrogen and oxygen atoms in total. The first-order valence-corrected chi connectivity index (χ1v) is 9.33. The van der Waals surface area contributed by atoms with Crippen LogP contribution < -0.4 is 5.32 Å². The topological polar surface area (TPSA) is 49.4 Å². The first-order valence-electron chi connectivity index (χ1n) is 9.33. The van der Waals surface area contributed by atoms with Crippen molar-refractivity contribution in [1.82, 2.24) is 10.2 Å².